The van der Waals surface area contributed by atoms with E-state index in [1.807, 2.05) is 0 Å². The molecule has 2 heterocycles. The smallest absolute Gasteiger partial charge is 0.324 e. The van der Waals surface area contributed by atoms with Crippen LogP contribution in [-0.2, 0) is 19.6 Å². The van der Waals surface area contributed by atoms with Gasteiger partial charge in [0.2, 0.25) is 10.0 Å². The van der Waals surface area contributed by atoms with Crippen LogP contribution in [0.4, 0.5) is 4.39 Å². The zero-order chi connectivity index (χ0) is 22.6. The molecule has 172 valence electrons. The van der Waals surface area contributed by atoms with E-state index in [4.69, 9.17) is 18.9 Å². The van der Waals surface area contributed by atoms with Crippen LogP contribution in [0.3, 0.4) is 0 Å². The van der Waals surface area contributed by atoms with Crippen molar-refractivity contribution in [1.29, 1.82) is 0 Å². The van der Waals surface area contributed by atoms with Crippen LogP contribution in [-0.4, -0.2) is 57.7 Å². The van der Waals surface area contributed by atoms with Crippen LogP contribution in [0.25, 0.3) is 0 Å². The Morgan fingerprint density at radius 1 is 1.06 bits per heavy atom. The number of esters is 1. The molecular formula is C22H24FNO7S. The van der Waals surface area contributed by atoms with E-state index in [9.17, 15) is 17.6 Å². The second kappa shape index (κ2) is 9.74. The molecule has 1 atom stereocenters. The molecule has 0 aliphatic carbocycles. The number of ether oxygens (including phenoxy) is 4. The molecule has 0 N–H and O–H groups in total. The predicted octanol–water partition coefficient (Wildman–Crippen LogP) is 2.76. The minimum atomic E-state index is -3.90. The first-order chi connectivity index (χ1) is 15.4. The number of nitrogens with zero attached hydrogens (tertiary/aromatic N) is 1. The lowest BCUT2D eigenvalue weighted by Gasteiger charge is -2.24. The number of hydrogen-bond donors (Lipinski definition) is 0. The van der Waals surface area contributed by atoms with Gasteiger partial charge in [-0.1, -0.05) is 0 Å². The van der Waals surface area contributed by atoms with Gasteiger partial charge in [-0.15, -0.1) is 0 Å². The van der Waals surface area contributed by atoms with Crippen molar-refractivity contribution < 1.29 is 36.6 Å². The van der Waals surface area contributed by atoms with Gasteiger partial charge in [0, 0.05) is 19.0 Å². The van der Waals surface area contributed by atoms with Crippen LogP contribution in [0.15, 0.2) is 47.4 Å². The summed E-state index contributed by atoms with van der Waals surface area (Å²) in [5, 5.41) is 0. The summed E-state index contributed by atoms with van der Waals surface area (Å²) < 4.78 is 62.1. The third kappa shape index (κ3) is 4.97. The number of halogens is 1. The molecular weight excluding hydrogens is 441 g/mol. The van der Waals surface area contributed by atoms with Gasteiger partial charge < -0.3 is 18.9 Å². The van der Waals surface area contributed by atoms with Gasteiger partial charge in [-0.2, -0.15) is 4.31 Å². The van der Waals surface area contributed by atoms with Gasteiger partial charge >= 0.3 is 5.97 Å². The van der Waals surface area contributed by atoms with Gasteiger partial charge in [0.15, 0.2) is 11.5 Å². The molecule has 1 fully saturated rings. The topological polar surface area (TPSA) is 91.4 Å². The molecule has 32 heavy (non-hydrogen) atoms. The van der Waals surface area contributed by atoms with Crippen LogP contribution in [0.2, 0.25) is 0 Å². The fraction of sp³-hybridized carbons (Fsp3) is 0.409. The first-order valence-electron chi connectivity index (χ1n) is 10.4. The number of rotatable bonds is 8. The standard InChI is InChI=1S/C22H24FNO7S/c23-16-4-6-17(7-5-16)28-11-2-12-31-22(25)19-3-1-10-24(19)32(26,27)18-8-9-20-21(15-18)30-14-13-29-20/h4-9,15,19H,1-3,10-14H2. The summed E-state index contributed by atoms with van der Waals surface area (Å²) in [4.78, 5) is 12.6. The maximum absolute atomic E-state index is 13.2. The Balaban J connectivity index is 1.32. The molecule has 10 heteroatoms. The Kier molecular flexibility index (Phi) is 6.80. The Bertz CT molecular complexity index is 1060. The van der Waals surface area contributed by atoms with E-state index in [1.165, 1.54) is 40.7 Å². The highest BCUT2D eigenvalue weighted by atomic mass is 32.2. The van der Waals surface area contributed by atoms with Crippen molar-refractivity contribution in [1.82, 2.24) is 4.31 Å². The zero-order valence-corrected chi connectivity index (χ0v) is 18.2. The summed E-state index contributed by atoms with van der Waals surface area (Å²) in [6.07, 6.45) is 1.39. The van der Waals surface area contributed by atoms with E-state index in [-0.39, 0.29) is 30.5 Å². The molecule has 2 aromatic rings. The molecule has 4 rings (SSSR count). The lowest BCUT2D eigenvalue weighted by atomic mass is 10.2. The van der Waals surface area contributed by atoms with E-state index in [2.05, 4.69) is 0 Å². The highest BCUT2D eigenvalue weighted by molar-refractivity contribution is 7.89. The number of benzene rings is 2. The van der Waals surface area contributed by atoms with E-state index in [0.717, 1.165) is 0 Å². The SMILES string of the molecule is O=C(OCCCOc1ccc(F)cc1)C1CCCN1S(=O)(=O)c1ccc2c(c1)OCCO2. The Labute approximate surface area is 185 Å². The number of sulfonamides is 1. The van der Waals surface area contributed by atoms with Crippen molar-refractivity contribution in [3.05, 3.63) is 48.3 Å². The van der Waals surface area contributed by atoms with Crippen molar-refractivity contribution in [2.45, 2.75) is 30.2 Å². The largest absolute Gasteiger partial charge is 0.493 e. The second-order valence-electron chi connectivity index (χ2n) is 7.40. The van der Waals surface area contributed by atoms with E-state index in [0.29, 0.717) is 49.7 Å². The number of carbonyl (C=O) groups is 1. The molecule has 2 aliphatic heterocycles. The number of hydrogen-bond acceptors (Lipinski definition) is 7. The summed E-state index contributed by atoms with van der Waals surface area (Å²) in [5.41, 5.74) is 0. The molecule has 8 nitrogen and oxygen atoms in total. The monoisotopic (exact) mass is 465 g/mol. The minimum Gasteiger partial charge on any atom is -0.493 e. The van der Waals surface area contributed by atoms with Gasteiger partial charge in [0.05, 0.1) is 18.1 Å². The van der Waals surface area contributed by atoms with Crippen molar-refractivity contribution in [3.63, 3.8) is 0 Å². The summed E-state index contributed by atoms with van der Waals surface area (Å²) in [5.74, 6) is 0.460. The maximum Gasteiger partial charge on any atom is 0.324 e. The summed E-state index contributed by atoms with van der Waals surface area (Å²) >= 11 is 0. The number of fused-ring (bicyclic) bond motifs is 1. The Morgan fingerprint density at radius 2 is 1.81 bits per heavy atom. The van der Waals surface area contributed by atoms with Crippen molar-refractivity contribution >= 4 is 16.0 Å². The van der Waals surface area contributed by atoms with Crippen LogP contribution in [0.5, 0.6) is 17.2 Å². The third-order valence-corrected chi connectivity index (χ3v) is 7.12. The molecule has 1 unspecified atom stereocenters. The zero-order valence-electron chi connectivity index (χ0n) is 17.4. The molecule has 1 saturated heterocycles. The Morgan fingerprint density at radius 3 is 2.59 bits per heavy atom. The van der Waals surface area contributed by atoms with Crippen molar-refractivity contribution in [2.24, 2.45) is 0 Å². The quantitative estimate of drug-likeness (QED) is 0.437. The summed E-state index contributed by atoms with van der Waals surface area (Å²) in [7, 11) is -3.90. The fourth-order valence-corrected chi connectivity index (χ4v) is 5.29. The normalized spacial score (nSPS) is 18.3. The summed E-state index contributed by atoms with van der Waals surface area (Å²) in [6, 6.07) is 9.20. The van der Waals surface area contributed by atoms with Crippen LogP contribution in [0, 0.1) is 5.82 Å². The van der Waals surface area contributed by atoms with E-state index >= 15 is 0 Å². The lowest BCUT2D eigenvalue weighted by molar-refractivity contribution is -0.147. The Hall–Kier alpha value is -2.85. The summed E-state index contributed by atoms with van der Waals surface area (Å²) in [6.45, 7) is 1.37. The molecule has 0 spiro atoms. The molecule has 2 aliphatic rings. The lowest BCUT2D eigenvalue weighted by Crippen LogP contribution is -2.41. The van der Waals surface area contributed by atoms with Gasteiger partial charge in [0.1, 0.15) is 30.8 Å². The highest BCUT2D eigenvalue weighted by Crippen LogP contribution is 2.35. The fourth-order valence-electron chi connectivity index (χ4n) is 3.63. The van der Waals surface area contributed by atoms with Gasteiger partial charge in [-0.05, 0) is 49.2 Å². The molecule has 0 amide bonds. The van der Waals surface area contributed by atoms with Crippen LogP contribution < -0.4 is 14.2 Å². The molecule has 2 aromatic carbocycles. The number of carbonyl (C=O) groups excluding carboxylic acids is 1. The van der Waals surface area contributed by atoms with Gasteiger partial charge in [-0.25, -0.2) is 12.8 Å². The average Bonchev–Trinajstić information content (AvgIpc) is 3.31. The van der Waals surface area contributed by atoms with E-state index < -0.39 is 22.0 Å². The van der Waals surface area contributed by atoms with Crippen LogP contribution >= 0.6 is 0 Å². The molecule has 0 aromatic heterocycles. The van der Waals surface area contributed by atoms with Crippen LogP contribution in [0.1, 0.15) is 19.3 Å². The highest BCUT2D eigenvalue weighted by Gasteiger charge is 2.40. The first kappa shape index (κ1) is 22.3. The molecule has 0 bridgehead atoms. The average molecular weight is 465 g/mol. The maximum atomic E-state index is 13.2. The van der Waals surface area contributed by atoms with Crippen molar-refractivity contribution in [2.75, 3.05) is 33.0 Å². The van der Waals surface area contributed by atoms with Crippen molar-refractivity contribution in [3.8, 4) is 17.2 Å². The third-order valence-electron chi connectivity index (χ3n) is 5.21. The second-order valence-corrected chi connectivity index (χ2v) is 9.29. The van der Waals surface area contributed by atoms with Gasteiger partial charge in [0.25, 0.3) is 0 Å². The molecule has 0 saturated carbocycles. The molecule has 0 radical (unpaired) electrons. The first-order valence-corrected chi connectivity index (χ1v) is 11.9. The van der Waals surface area contributed by atoms with E-state index in [1.54, 1.807) is 6.07 Å². The minimum absolute atomic E-state index is 0.0501. The predicted molar refractivity (Wildman–Crippen MR) is 112 cm³/mol. The van der Waals surface area contributed by atoms with Gasteiger partial charge in [-0.3, -0.25) is 4.79 Å².